The van der Waals surface area contributed by atoms with Gasteiger partial charge in [0.2, 0.25) is 0 Å². The van der Waals surface area contributed by atoms with Gasteiger partial charge in [-0.05, 0) is 17.7 Å². The Bertz CT molecular complexity index is 436. The maximum absolute atomic E-state index is 12.9. The molecule has 1 fully saturated rings. The summed E-state index contributed by atoms with van der Waals surface area (Å²) in [4.78, 5) is 17.7. The van der Waals surface area contributed by atoms with Crippen LogP contribution < -0.4 is 0 Å². The molecule has 1 aliphatic heterocycles. The van der Waals surface area contributed by atoms with Crippen LogP contribution in [0, 0.1) is 11.2 Å². The summed E-state index contributed by atoms with van der Waals surface area (Å²) in [6.07, 6.45) is 0.744. The minimum absolute atomic E-state index is 0.0469. The number of hydrogen-bond donors (Lipinski definition) is 0. The molecule has 0 N–H and O–H groups in total. The molecule has 1 atom stereocenters. The molecule has 0 spiro atoms. The van der Waals surface area contributed by atoms with Crippen molar-refractivity contribution in [3.63, 3.8) is 0 Å². The number of benzene rings is 1. The molecular weight excluding hydrogens is 233 g/mol. The average Bonchev–Trinajstić information content (AvgIpc) is 2.76. The molecular formula is C14H18FNO2. The van der Waals surface area contributed by atoms with Crippen LogP contribution >= 0.6 is 0 Å². The molecule has 0 bridgehead atoms. The first kappa shape index (κ1) is 13.0. The van der Waals surface area contributed by atoms with Gasteiger partial charge < -0.3 is 0 Å². The van der Waals surface area contributed by atoms with Crippen LogP contribution in [0.3, 0.4) is 0 Å². The molecule has 1 amide bonds. The van der Waals surface area contributed by atoms with Gasteiger partial charge in [-0.2, -0.15) is 0 Å². The SMILES string of the molecule is CC(C)(C)C(=O)N1OCC[C@@H]1c1ccc(F)cc1. The highest BCUT2D eigenvalue weighted by Gasteiger charge is 2.37. The molecule has 1 aromatic carbocycles. The topological polar surface area (TPSA) is 29.5 Å². The smallest absolute Gasteiger partial charge is 0.252 e. The van der Waals surface area contributed by atoms with E-state index >= 15 is 0 Å². The van der Waals surface area contributed by atoms with Crippen LogP contribution in [0.5, 0.6) is 0 Å². The van der Waals surface area contributed by atoms with Crippen LogP contribution in [0.1, 0.15) is 38.8 Å². The van der Waals surface area contributed by atoms with Crippen molar-refractivity contribution >= 4 is 5.91 Å². The van der Waals surface area contributed by atoms with Crippen LogP contribution in [0.4, 0.5) is 4.39 Å². The fraction of sp³-hybridized carbons (Fsp3) is 0.500. The lowest BCUT2D eigenvalue weighted by molar-refractivity contribution is -0.186. The minimum Gasteiger partial charge on any atom is -0.272 e. The molecule has 0 saturated carbocycles. The Morgan fingerprint density at radius 3 is 2.50 bits per heavy atom. The van der Waals surface area contributed by atoms with E-state index in [2.05, 4.69) is 0 Å². The number of rotatable bonds is 1. The third-order valence-corrected chi connectivity index (χ3v) is 3.00. The van der Waals surface area contributed by atoms with Gasteiger partial charge in [-0.25, -0.2) is 9.45 Å². The van der Waals surface area contributed by atoms with E-state index in [4.69, 9.17) is 4.84 Å². The first-order valence-corrected chi connectivity index (χ1v) is 6.11. The van der Waals surface area contributed by atoms with Crippen molar-refractivity contribution in [3.8, 4) is 0 Å². The number of nitrogens with zero attached hydrogens (tertiary/aromatic N) is 1. The van der Waals surface area contributed by atoms with Crippen molar-refractivity contribution < 1.29 is 14.0 Å². The van der Waals surface area contributed by atoms with Crippen LogP contribution in [0.25, 0.3) is 0 Å². The van der Waals surface area contributed by atoms with E-state index in [1.165, 1.54) is 17.2 Å². The molecule has 1 saturated heterocycles. The van der Waals surface area contributed by atoms with Crippen molar-refractivity contribution in [1.82, 2.24) is 5.06 Å². The maximum Gasteiger partial charge on any atom is 0.252 e. The highest BCUT2D eigenvalue weighted by atomic mass is 19.1. The molecule has 0 unspecified atom stereocenters. The van der Waals surface area contributed by atoms with Crippen molar-refractivity contribution in [1.29, 1.82) is 0 Å². The fourth-order valence-corrected chi connectivity index (χ4v) is 1.99. The van der Waals surface area contributed by atoms with E-state index < -0.39 is 5.41 Å². The Balaban J connectivity index is 2.22. The second kappa shape index (κ2) is 4.69. The zero-order valence-electron chi connectivity index (χ0n) is 10.9. The molecule has 1 heterocycles. The van der Waals surface area contributed by atoms with Crippen LogP contribution in [0.2, 0.25) is 0 Å². The molecule has 2 rings (SSSR count). The van der Waals surface area contributed by atoms with E-state index in [1.54, 1.807) is 12.1 Å². The predicted octanol–water partition coefficient (Wildman–Crippen LogP) is 3.08. The maximum atomic E-state index is 12.9. The molecule has 98 valence electrons. The van der Waals surface area contributed by atoms with E-state index in [0.717, 1.165) is 12.0 Å². The van der Waals surface area contributed by atoms with Gasteiger partial charge in [0, 0.05) is 11.8 Å². The summed E-state index contributed by atoms with van der Waals surface area (Å²) in [5, 5.41) is 1.44. The van der Waals surface area contributed by atoms with Gasteiger partial charge in [-0.3, -0.25) is 9.63 Å². The standard InChI is InChI=1S/C14H18FNO2/c1-14(2,3)13(17)16-12(8-9-18-16)10-4-6-11(15)7-5-10/h4-7,12H,8-9H2,1-3H3/t12-/m1/s1. The van der Waals surface area contributed by atoms with Crippen LogP contribution in [-0.4, -0.2) is 17.6 Å². The number of hydrogen-bond acceptors (Lipinski definition) is 2. The van der Waals surface area contributed by atoms with Crippen LogP contribution in [0.15, 0.2) is 24.3 Å². The summed E-state index contributed by atoms with van der Waals surface area (Å²) >= 11 is 0. The number of carbonyl (C=O) groups excluding carboxylic acids is 1. The minimum atomic E-state index is -0.484. The number of amides is 1. The van der Waals surface area contributed by atoms with Crippen molar-refractivity contribution in [2.24, 2.45) is 5.41 Å². The van der Waals surface area contributed by atoms with Gasteiger partial charge in [0.25, 0.3) is 5.91 Å². The molecule has 0 aliphatic carbocycles. The molecule has 0 aromatic heterocycles. The van der Waals surface area contributed by atoms with Gasteiger partial charge >= 0.3 is 0 Å². The molecule has 0 radical (unpaired) electrons. The van der Waals surface area contributed by atoms with Gasteiger partial charge in [-0.15, -0.1) is 0 Å². The van der Waals surface area contributed by atoms with Crippen molar-refractivity contribution in [2.75, 3.05) is 6.61 Å². The Labute approximate surface area is 106 Å². The largest absolute Gasteiger partial charge is 0.272 e. The first-order chi connectivity index (χ1) is 8.39. The number of hydroxylamine groups is 2. The van der Waals surface area contributed by atoms with E-state index in [0.29, 0.717) is 6.61 Å². The Morgan fingerprint density at radius 1 is 1.33 bits per heavy atom. The third kappa shape index (κ3) is 2.53. The molecule has 1 aromatic rings. The zero-order chi connectivity index (χ0) is 13.3. The lowest BCUT2D eigenvalue weighted by atomic mass is 9.94. The summed E-state index contributed by atoms with van der Waals surface area (Å²) in [7, 11) is 0. The van der Waals surface area contributed by atoms with Crippen molar-refractivity contribution in [3.05, 3.63) is 35.6 Å². The highest BCUT2D eigenvalue weighted by Crippen LogP contribution is 2.33. The zero-order valence-corrected chi connectivity index (χ0v) is 10.9. The van der Waals surface area contributed by atoms with Gasteiger partial charge in [-0.1, -0.05) is 32.9 Å². The van der Waals surface area contributed by atoms with E-state index in [9.17, 15) is 9.18 Å². The fourth-order valence-electron chi connectivity index (χ4n) is 1.99. The Kier molecular flexibility index (Phi) is 3.39. The quantitative estimate of drug-likeness (QED) is 0.767. The van der Waals surface area contributed by atoms with Gasteiger partial charge in [0.15, 0.2) is 0 Å². The number of carbonyl (C=O) groups is 1. The highest BCUT2D eigenvalue weighted by molar-refractivity contribution is 5.81. The third-order valence-electron chi connectivity index (χ3n) is 3.00. The Morgan fingerprint density at radius 2 is 1.94 bits per heavy atom. The normalized spacial score (nSPS) is 20.2. The van der Waals surface area contributed by atoms with E-state index in [-0.39, 0.29) is 17.8 Å². The lowest BCUT2D eigenvalue weighted by Gasteiger charge is -2.29. The van der Waals surface area contributed by atoms with Crippen LogP contribution in [-0.2, 0) is 9.63 Å². The van der Waals surface area contributed by atoms with Gasteiger partial charge in [0.05, 0.1) is 12.6 Å². The average molecular weight is 251 g/mol. The van der Waals surface area contributed by atoms with Crippen molar-refractivity contribution in [2.45, 2.75) is 33.2 Å². The number of halogens is 1. The second-order valence-electron chi connectivity index (χ2n) is 5.57. The molecule has 4 heteroatoms. The monoisotopic (exact) mass is 251 g/mol. The van der Waals surface area contributed by atoms with E-state index in [1.807, 2.05) is 20.8 Å². The van der Waals surface area contributed by atoms with Gasteiger partial charge in [0.1, 0.15) is 5.82 Å². The lowest BCUT2D eigenvalue weighted by Crippen LogP contribution is -2.38. The predicted molar refractivity (Wildman–Crippen MR) is 66.0 cm³/mol. The molecule has 3 nitrogen and oxygen atoms in total. The summed E-state index contributed by atoms with van der Waals surface area (Å²) in [6, 6.07) is 6.12. The summed E-state index contributed by atoms with van der Waals surface area (Å²) < 4.78 is 12.9. The Hall–Kier alpha value is -1.42. The second-order valence-corrected chi connectivity index (χ2v) is 5.57. The summed E-state index contributed by atoms with van der Waals surface area (Å²) in [5.41, 5.74) is 0.425. The molecule has 18 heavy (non-hydrogen) atoms. The first-order valence-electron chi connectivity index (χ1n) is 6.11. The molecule has 1 aliphatic rings. The summed E-state index contributed by atoms with van der Waals surface area (Å²) in [5.74, 6) is -0.319. The summed E-state index contributed by atoms with van der Waals surface area (Å²) in [6.45, 7) is 6.10.